The van der Waals surface area contributed by atoms with E-state index in [0.717, 1.165) is 6.26 Å². The van der Waals surface area contributed by atoms with E-state index < -0.39 is 15.9 Å². The number of nitrogens with one attached hydrogen (secondary N) is 2. The van der Waals surface area contributed by atoms with Crippen LogP contribution in [0.3, 0.4) is 0 Å². The van der Waals surface area contributed by atoms with E-state index in [4.69, 9.17) is 5.84 Å². The molecule has 1 aromatic heterocycles. The topological polar surface area (TPSA) is 114 Å². The van der Waals surface area contributed by atoms with Gasteiger partial charge >= 0.3 is 0 Å². The van der Waals surface area contributed by atoms with Crippen LogP contribution in [-0.4, -0.2) is 37.4 Å². The number of aromatic nitrogens is 1. The lowest BCUT2D eigenvalue weighted by Crippen LogP contribution is -2.37. The maximum absolute atomic E-state index is 11.7. The van der Waals surface area contributed by atoms with Crippen molar-refractivity contribution in [3.05, 3.63) is 23.9 Å². The predicted molar refractivity (Wildman–Crippen MR) is 68.7 cm³/mol. The maximum Gasteiger partial charge on any atom is 0.253 e. The molecule has 0 aliphatic heterocycles. The Labute approximate surface area is 106 Å². The third-order valence-corrected chi connectivity index (χ3v) is 3.21. The molecule has 1 atom stereocenters. The van der Waals surface area contributed by atoms with Crippen LogP contribution >= 0.6 is 0 Å². The summed E-state index contributed by atoms with van der Waals surface area (Å²) >= 11 is 0. The minimum atomic E-state index is -3.12. The summed E-state index contributed by atoms with van der Waals surface area (Å²) in [4.78, 5) is 15.6. The monoisotopic (exact) mass is 272 g/mol. The number of rotatable bonds is 5. The van der Waals surface area contributed by atoms with Gasteiger partial charge in [-0.05, 0) is 19.1 Å². The van der Waals surface area contributed by atoms with Crippen molar-refractivity contribution >= 4 is 21.6 Å². The van der Waals surface area contributed by atoms with Crippen LogP contribution in [0.5, 0.6) is 0 Å². The van der Waals surface area contributed by atoms with E-state index in [9.17, 15) is 13.2 Å². The Morgan fingerprint density at radius 3 is 2.61 bits per heavy atom. The van der Waals surface area contributed by atoms with Gasteiger partial charge in [-0.1, -0.05) is 0 Å². The number of sulfone groups is 1. The van der Waals surface area contributed by atoms with E-state index in [1.807, 2.05) is 0 Å². The molecule has 0 radical (unpaired) electrons. The van der Waals surface area contributed by atoms with E-state index in [-0.39, 0.29) is 11.7 Å². The summed E-state index contributed by atoms with van der Waals surface area (Å²) in [5.41, 5.74) is 2.68. The highest BCUT2D eigenvalue weighted by molar-refractivity contribution is 7.90. The number of anilines is 1. The summed E-state index contributed by atoms with van der Waals surface area (Å²) in [6, 6.07) is 2.64. The lowest BCUT2D eigenvalue weighted by molar-refractivity contribution is 0.0943. The van der Waals surface area contributed by atoms with Crippen LogP contribution in [0.2, 0.25) is 0 Å². The fourth-order valence-corrected chi connectivity index (χ4v) is 2.41. The van der Waals surface area contributed by atoms with Gasteiger partial charge in [0.2, 0.25) is 0 Å². The zero-order valence-electron chi connectivity index (χ0n) is 10.2. The zero-order chi connectivity index (χ0) is 13.8. The van der Waals surface area contributed by atoms with Crippen molar-refractivity contribution in [3.63, 3.8) is 0 Å². The molecule has 1 unspecified atom stereocenters. The molecule has 0 aliphatic carbocycles. The zero-order valence-corrected chi connectivity index (χ0v) is 11.0. The third-order valence-electron chi connectivity index (χ3n) is 2.10. The van der Waals surface area contributed by atoms with Crippen molar-refractivity contribution in [1.82, 2.24) is 10.3 Å². The van der Waals surface area contributed by atoms with E-state index in [1.54, 1.807) is 19.1 Å². The van der Waals surface area contributed by atoms with Crippen LogP contribution in [0.15, 0.2) is 18.3 Å². The second kappa shape index (κ2) is 5.78. The first kappa shape index (κ1) is 14.4. The Balaban J connectivity index is 2.64. The predicted octanol–water partition coefficient (Wildman–Crippen LogP) is -0.470. The molecule has 1 aromatic rings. The average Bonchev–Trinajstić information content (AvgIpc) is 2.26. The van der Waals surface area contributed by atoms with Crippen LogP contribution in [0, 0.1) is 0 Å². The van der Waals surface area contributed by atoms with Gasteiger partial charge in [-0.2, -0.15) is 0 Å². The van der Waals surface area contributed by atoms with Gasteiger partial charge in [-0.3, -0.25) is 4.79 Å². The maximum atomic E-state index is 11.7. The number of amides is 1. The van der Waals surface area contributed by atoms with Gasteiger partial charge in [-0.15, -0.1) is 0 Å². The molecular formula is C10H16N4O3S. The molecule has 0 aromatic carbocycles. The van der Waals surface area contributed by atoms with E-state index in [0.29, 0.717) is 11.4 Å². The summed E-state index contributed by atoms with van der Waals surface area (Å²) < 4.78 is 22.1. The molecule has 18 heavy (non-hydrogen) atoms. The molecule has 8 heteroatoms. The molecule has 1 amide bonds. The summed E-state index contributed by atoms with van der Waals surface area (Å²) in [6.45, 7) is 1.63. The SMILES string of the molecule is CC(CS(C)(=O)=O)NC(=O)c1ccc(NN)nc1. The normalized spacial score (nSPS) is 12.8. The van der Waals surface area contributed by atoms with Crippen molar-refractivity contribution in [2.75, 3.05) is 17.4 Å². The second-order valence-corrected chi connectivity index (χ2v) is 6.23. The highest BCUT2D eigenvalue weighted by Gasteiger charge is 2.14. The number of hydrazine groups is 1. The minimum Gasteiger partial charge on any atom is -0.349 e. The van der Waals surface area contributed by atoms with Crippen molar-refractivity contribution < 1.29 is 13.2 Å². The van der Waals surface area contributed by atoms with Crippen LogP contribution in [0.4, 0.5) is 5.82 Å². The Morgan fingerprint density at radius 1 is 1.50 bits per heavy atom. The summed E-state index contributed by atoms with van der Waals surface area (Å²) in [5.74, 6) is 5.11. The van der Waals surface area contributed by atoms with E-state index in [1.165, 1.54) is 6.20 Å². The quantitative estimate of drug-likeness (QED) is 0.493. The Morgan fingerprint density at radius 2 is 2.17 bits per heavy atom. The number of hydrogen-bond acceptors (Lipinski definition) is 6. The standard InChI is InChI=1S/C10H16N4O3S/c1-7(6-18(2,16)17)13-10(15)8-3-4-9(14-11)12-5-8/h3-5,7H,6,11H2,1-2H3,(H,12,14)(H,13,15). The molecule has 0 spiro atoms. The third kappa shape index (κ3) is 4.68. The molecule has 0 fully saturated rings. The van der Waals surface area contributed by atoms with E-state index >= 15 is 0 Å². The van der Waals surface area contributed by atoms with Crippen molar-refractivity contribution in [2.24, 2.45) is 5.84 Å². The molecule has 0 bridgehead atoms. The van der Waals surface area contributed by atoms with Crippen molar-refractivity contribution in [1.29, 1.82) is 0 Å². The largest absolute Gasteiger partial charge is 0.349 e. The Kier molecular flexibility index (Phi) is 4.62. The highest BCUT2D eigenvalue weighted by Crippen LogP contribution is 2.04. The Bertz CT molecular complexity index is 512. The molecule has 100 valence electrons. The van der Waals surface area contributed by atoms with Gasteiger partial charge in [0.15, 0.2) is 0 Å². The van der Waals surface area contributed by atoms with Crippen molar-refractivity contribution in [2.45, 2.75) is 13.0 Å². The van der Waals surface area contributed by atoms with Crippen LogP contribution in [0.1, 0.15) is 17.3 Å². The van der Waals surface area contributed by atoms with Gasteiger partial charge in [-0.25, -0.2) is 19.2 Å². The highest BCUT2D eigenvalue weighted by atomic mass is 32.2. The van der Waals surface area contributed by atoms with Gasteiger partial charge in [0, 0.05) is 18.5 Å². The first-order valence-corrected chi connectivity index (χ1v) is 7.29. The number of nitrogens with zero attached hydrogens (tertiary/aromatic N) is 1. The number of nitrogens with two attached hydrogens (primary N) is 1. The molecule has 0 saturated heterocycles. The average molecular weight is 272 g/mol. The van der Waals surface area contributed by atoms with Crippen LogP contribution in [0.25, 0.3) is 0 Å². The molecule has 1 rings (SSSR count). The van der Waals surface area contributed by atoms with Gasteiger partial charge in [0.1, 0.15) is 15.7 Å². The lowest BCUT2D eigenvalue weighted by atomic mass is 10.2. The lowest BCUT2D eigenvalue weighted by Gasteiger charge is -2.12. The molecule has 7 nitrogen and oxygen atoms in total. The number of carbonyl (C=O) groups excluding carboxylic acids is 1. The number of nitrogen functional groups attached to an aromatic ring is 1. The van der Waals surface area contributed by atoms with E-state index in [2.05, 4.69) is 15.7 Å². The number of pyridine rings is 1. The fraction of sp³-hybridized carbons (Fsp3) is 0.400. The molecule has 0 aliphatic rings. The molecule has 0 saturated carbocycles. The van der Waals surface area contributed by atoms with Crippen LogP contribution in [-0.2, 0) is 9.84 Å². The van der Waals surface area contributed by atoms with Gasteiger partial charge < -0.3 is 10.7 Å². The van der Waals surface area contributed by atoms with Gasteiger partial charge in [0.25, 0.3) is 5.91 Å². The molecular weight excluding hydrogens is 256 g/mol. The second-order valence-electron chi connectivity index (χ2n) is 4.04. The smallest absolute Gasteiger partial charge is 0.253 e. The number of hydrogen-bond donors (Lipinski definition) is 3. The minimum absolute atomic E-state index is 0.103. The summed E-state index contributed by atoms with van der Waals surface area (Å²) in [5, 5.41) is 2.58. The summed E-state index contributed by atoms with van der Waals surface area (Å²) in [6.07, 6.45) is 2.48. The van der Waals surface area contributed by atoms with Crippen LogP contribution < -0.4 is 16.6 Å². The Hall–Kier alpha value is -1.67. The first-order chi connectivity index (χ1) is 8.31. The van der Waals surface area contributed by atoms with Gasteiger partial charge in [0.05, 0.1) is 11.3 Å². The van der Waals surface area contributed by atoms with Crippen molar-refractivity contribution in [3.8, 4) is 0 Å². The molecule has 1 heterocycles. The summed E-state index contributed by atoms with van der Waals surface area (Å²) in [7, 11) is -3.12. The fourth-order valence-electron chi connectivity index (χ4n) is 1.42. The number of carbonyl (C=O) groups is 1. The first-order valence-electron chi connectivity index (χ1n) is 5.23. The molecule has 4 N–H and O–H groups in total.